The molecule has 2 aliphatic rings. The van der Waals surface area contributed by atoms with Gasteiger partial charge in [-0.25, -0.2) is 0 Å². The van der Waals surface area contributed by atoms with E-state index in [2.05, 4.69) is 13.8 Å². The van der Waals surface area contributed by atoms with Crippen molar-refractivity contribution >= 4 is 7.92 Å². The van der Waals surface area contributed by atoms with Crippen LogP contribution in [0, 0.1) is 0 Å². The summed E-state index contributed by atoms with van der Waals surface area (Å²) in [6.07, 6.45) is 9.26. The standard InChI is InChI=1S/C11H21P/c1-9-7-8-10(2)12(9)11-5-3-4-6-11/h9-11H,3-8H2,1-2H3/t9-,10?,12?/m0/s1. The Morgan fingerprint density at radius 1 is 0.833 bits per heavy atom. The van der Waals surface area contributed by atoms with Crippen LogP contribution < -0.4 is 0 Å². The Balaban J connectivity index is 1.99. The summed E-state index contributed by atoms with van der Waals surface area (Å²) in [6.45, 7) is 5.01. The quantitative estimate of drug-likeness (QED) is 0.541. The van der Waals surface area contributed by atoms with Crippen molar-refractivity contribution in [1.29, 1.82) is 0 Å². The van der Waals surface area contributed by atoms with Gasteiger partial charge in [-0.15, -0.1) is 0 Å². The summed E-state index contributed by atoms with van der Waals surface area (Å²) in [5.74, 6) is 0. The smallest absolute Gasteiger partial charge is 0.0204 e. The van der Waals surface area contributed by atoms with E-state index >= 15 is 0 Å². The Morgan fingerprint density at radius 2 is 1.33 bits per heavy atom. The van der Waals surface area contributed by atoms with Gasteiger partial charge in [0, 0.05) is 0 Å². The molecule has 12 heavy (non-hydrogen) atoms. The van der Waals surface area contributed by atoms with Crippen LogP contribution in [0.15, 0.2) is 0 Å². The van der Waals surface area contributed by atoms with E-state index in [4.69, 9.17) is 0 Å². The topological polar surface area (TPSA) is 0 Å². The first-order valence-corrected chi connectivity index (χ1v) is 7.11. The van der Waals surface area contributed by atoms with Crippen LogP contribution in [-0.2, 0) is 0 Å². The normalized spacial score (nSPS) is 44.0. The molecule has 0 aromatic carbocycles. The number of rotatable bonds is 1. The highest BCUT2D eigenvalue weighted by molar-refractivity contribution is 7.60. The highest BCUT2D eigenvalue weighted by atomic mass is 31.1. The van der Waals surface area contributed by atoms with Crippen LogP contribution in [0.5, 0.6) is 0 Å². The van der Waals surface area contributed by atoms with E-state index in [1.807, 2.05) is 0 Å². The van der Waals surface area contributed by atoms with Gasteiger partial charge in [0.2, 0.25) is 0 Å². The van der Waals surface area contributed by atoms with Crippen molar-refractivity contribution in [2.24, 2.45) is 0 Å². The lowest BCUT2D eigenvalue weighted by Gasteiger charge is -2.27. The van der Waals surface area contributed by atoms with E-state index in [0.717, 1.165) is 11.3 Å². The Hall–Kier alpha value is 0.430. The lowest BCUT2D eigenvalue weighted by atomic mass is 10.2. The molecule has 0 N–H and O–H groups in total. The van der Waals surface area contributed by atoms with Crippen LogP contribution in [0.3, 0.4) is 0 Å². The first-order valence-electron chi connectivity index (χ1n) is 5.56. The Bertz CT molecular complexity index is 139. The average Bonchev–Trinajstić information content (AvgIpc) is 2.61. The molecule has 1 aliphatic heterocycles. The molecule has 2 unspecified atom stereocenters. The van der Waals surface area contributed by atoms with Gasteiger partial charge < -0.3 is 0 Å². The molecule has 0 bridgehead atoms. The minimum Gasteiger partial charge on any atom is -0.0977 e. The van der Waals surface area contributed by atoms with Crippen LogP contribution in [0.4, 0.5) is 0 Å². The second kappa shape index (κ2) is 3.66. The van der Waals surface area contributed by atoms with Crippen molar-refractivity contribution in [2.75, 3.05) is 0 Å². The lowest BCUT2D eigenvalue weighted by Crippen LogP contribution is -2.09. The third-order valence-corrected chi connectivity index (χ3v) is 7.68. The summed E-state index contributed by atoms with van der Waals surface area (Å²) in [7, 11) is 0.431. The Kier molecular flexibility index (Phi) is 2.75. The van der Waals surface area contributed by atoms with Crippen LogP contribution >= 0.6 is 7.92 Å². The highest BCUT2D eigenvalue weighted by Crippen LogP contribution is 2.62. The monoisotopic (exact) mass is 184 g/mol. The highest BCUT2D eigenvalue weighted by Gasteiger charge is 2.36. The van der Waals surface area contributed by atoms with Gasteiger partial charge in [-0.2, -0.15) is 0 Å². The third-order valence-electron chi connectivity index (χ3n) is 3.77. The zero-order chi connectivity index (χ0) is 8.55. The van der Waals surface area contributed by atoms with Crippen molar-refractivity contribution in [3.8, 4) is 0 Å². The van der Waals surface area contributed by atoms with Crippen molar-refractivity contribution in [3.63, 3.8) is 0 Å². The van der Waals surface area contributed by atoms with E-state index in [0.29, 0.717) is 7.92 Å². The molecular weight excluding hydrogens is 163 g/mol. The summed E-state index contributed by atoms with van der Waals surface area (Å²) >= 11 is 0. The molecule has 1 heteroatoms. The van der Waals surface area contributed by atoms with Crippen molar-refractivity contribution < 1.29 is 0 Å². The van der Waals surface area contributed by atoms with Gasteiger partial charge in [-0.1, -0.05) is 34.6 Å². The second-order valence-corrected chi connectivity index (χ2v) is 8.05. The minimum absolute atomic E-state index is 0.431. The first-order chi connectivity index (χ1) is 5.79. The van der Waals surface area contributed by atoms with Gasteiger partial charge in [0.25, 0.3) is 0 Å². The SMILES string of the molecule is CC1CC[C@H](C)P1C1CCCC1. The van der Waals surface area contributed by atoms with Gasteiger partial charge in [0.05, 0.1) is 0 Å². The molecule has 2 rings (SSSR count). The molecule has 0 aromatic rings. The summed E-state index contributed by atoms with van der Waals surface area (Å²) in [5.41, 5.74) is 3.36. The summed E-state index contributed by atoms with van der Waals surface area (Å²) < 4.78 is 0. The van der Waals surface area contributed by atoms with E-state index in [9.17, 15) is 0 Å². The summed E-state index contributed by atoms with van der Waals surface area (Å²) in [5, 5.41) is 0. The van der Waals surface area contributed by atoms with Crippen molar-refractivity contribution in [1.82, 2.24) is 0 Å². The fraction of sp³-hybridized carbons (Fsp3) is 1.00. The largest absolute Gasteiger partial charge is 0.0977 e. The minimum atomic E-state index is 0.431. The van der Waals surface area contributed by atoms with Crippen LogP contribution in [0.1, 0.15) is 52.4 Å². The van der Waals surface area contributed by atoms with E-state index in [1.54, 1.807) is 12.8 Å². The third kappa shape index (κ3) is 1.55. The lowest BCUT2D eigenvalue weighted by molar-refractivity contribution is 0.777. The maximum absolute atomic E-state index is 2.51. The number of hydrogen-bond donors (Lipinski definition) is 0. The van der Waals surface area contributed by atoms with Gasteiger partial charge >= 0.3 is 0 Å². The molecule has 1 heterocycles. The second-order valence-electron chi connectivity index (χ2n) is 4.66. The first kappa shape index (κ1) is 9.00. The summed E-state index contributed by atoms with van der Waals surface area (Å²) in [4.78, 5) is 0. The van der Waals surface area contributed by atoms with Crippen LogP contribution in [-0.4, -0.2) is 17.0 Å². The van der Waals surface area contributed by atoms with E-state index in [-0.39, 0.29) is 0 Å². The molecule has 1 aliphatic carbocycles. The van der Waals surface area contributed by atoms with Gasteiger partial charge in [0.15, 0.2) is 0 Å². The predicted molar refractivity (Wildman–Crippen MR) is 57.3 cm³/mol. The number of hydrogen-bond acceptors (Lipinski definition) is 0. The Morgan fingerprint density at radius 3 is 1.83 bits per heavy atom. The van der Waals surface area contributed by atoms with Crippen molar-refractivity contribution in [2.45, 2.75) is 69.3 Å². The molecule has 0 spiro atoms. The Labute approximate surface area is 77.9 Å². The van der Waals surface area contributed by atoms with Gasteiger partial charge in [-0.3, -0.25) is 0 Å². The molecule has 3 atom stereocenters. The van der Waals surface area contributed by atoms with Gasteiger partial charge in [0.1, 0.15) is 0 Å². The van der Waals surface area contributed by atoms with Gasteiger partial charge in [-0.05, 0) is 42.7 Å². The molecule has 0 aromatic heterocycles. The zero-order valence-corrected chi connectivity index (χ0v) is 9.32. The molecule has 0 amide bonds. The maximum atomic E-state index is 2.51. The molecule has 1 saturated carbocycles. The molecule has 70 valence electrons. The molecule has 2 fully saturated rings. The van der Waals surface area contributed by atoms with E-state index < -0.39 is 0 Å². The maximum Gasteiger partial charge on any atom is -0.0204 e. The predicted octanol–water partition coefficient (Wildman–Crippen LogP) is 3.98. The average molecular weight is 184 g/mol. The van der Waals surface area contributed by atoms with E-state index in [1.165, 1.54) is 31.3 Å². The zero-order valence-electron chi connectivity index (χ0n) is 8.42. The fourth-order valence-electron chi connectivity index (χ4n) is 3.14. The molecule has 0 nitrogen and oxygen atoms in total. The fourth-order valence-corrected chi connectivity index (χ4v) is 7.30. The van der Waals surface area contributed by atoms with Crippen LogP contribution in [0.2, 0.25) is 0 Å². The van der Waals surface area contributed by atoms with Crippen molar-refractivity contribution in [3.05, 3.63) is 0 Å². The van der Waals surface area contributed by atoms with Crippen LogP contribution in [0.25, 0.3) is 0 Å². The molecule has 1 saturated heterocycles. The summed E-state index contributed by atoms with van der Waals surface area (Å²) in [6, 6.07) is 0. The molecule has 0 radical (unpaired) electrons. The molecular formula is C11H21P.